The van der Waals surface area contributed by atoms with Gasteiger partial charge in [-0.25, -0.2) is 18.6 Å². The molecule has 3 aromatic rings. The predicted octanol–water partition coefficient (Wildman–Crippen LogP) is 5.16. The van der Waals surface area contributed by atoms with Gasteiger partial charge in [0.05, 0.1) is 12.0 Å². The number of nitrogens with zero attached hydrogens (tertiary/aromatic N) is 1. The number of halogens is 2. The van der Waals surface area contributed by atoms with Gasteiger partial charge in [-0.15, -0.1) is 0 Å². The average Bonchev–Trinajstić information content (AvgIpc) is 3.15. The van der Waals surface area contributed by atoms with Crippen LogP contribution in [0.2, 0.25) is 0 Å². The van der Waals surface area contributed by atoms with Crippen molar-refractivity contribution in [1.82, 2.24) is 15.3 Å². The molecule has 0 saturated heterocycles. The Morgan fingerprint density at radius 3 is 2.58 bits per heavy atom. The number of urea groups is 1. The summed E-state index contributed by atoms with van der Waals surface area (Å²) in [4.78, 5) is 19.2. The molecule has 0 bridgehead atoms. The zero-order chi connectivity index (χ0) is 22.5. The van der Waals surface area contributed by atoms with Crippen molar-refractivity contribution in [3.8, 4) is 11.5 Å². The lowest BCUT2D eigenvalue weighted by atomic mass is 9.90. The SMILES string of the molecule is COCCNC(=O)Nc1cc(F)c(Oc2ccnc3[nH]cc(C(C)C(C)C)c23)c(F)c1. The van der Waals surface area contributed by atoms with Gasteiger partial charge in [0.1, 0.15) is 11.4 Å². The molecule has 31 heavy (non-hydrogen) atoms. The van der Waals surface area contributed by atoms with Crippen molar-refractivity contribution in [2.75, 3.05) is 25.6 Å². The number of rotatable bonds is 8. The summed E-state index contributed by atoms with van der Waals surface area (Å²) in [6, 6.07) is 2.98. The number of nitrogens with one attached hydrogen (secondary N) is 3. The van der Waals surface area contributed by atoms with Gasteiger partial charge in [0, 0.05) is 43.9 Å². The van der Waals surface area contributed by atoms with Crippen LogP contribution in [-0.4, -0.2) is 36.3 Å². The van der Waals surface area contributed by atoms with Crippen LogP contribution in [0.4, 0.5) is 19.3 Å². The standard InChI is InChI=1S/C22H26F2N4O3/c1-12(2)13(3)15-11-27-21-19(15)18(5-6-25-21)31-20-16(23)9-14(10-17(20)24)28-22(29)26-7-8-30-4/h5-6,9-13H,7-8H2,1-4H3,(H,25,27)(H2,26,28,29). The number of methoxy groups -OCH3 is 1. The molecule has 1 aromatic carbocycles. The maximum absolute atomic E-state index is 14.7. The van der Waals surface area contributed by atoms with E-state index in [1.165, 1.54) is 13.3 Å². The lowest BCUT2D eigenvalue weighted by Gasteiger charge is -2.16. The Balaban J connectivity index is 1.87. The molecular formula is C22H26F2N4O3. The number of aromatic amines is 1. The van der Waals surface area contributed by atoms with E-state index in [0.717, 1.165) is 17.7 Å². The van der Waals surface area contributed by atoms with Crippen molar-refractivity contribution in [3.63, 3.8) is 0 Å². The molecule has 3 rings (SSSR count). The van der Waals surface area contributed by atoms with E-state index in [4.69, 9.17) is 9.47 Å². The van der Waals surface area contributed by atoms with E-state index in [2.05, 4.69) is 41.4 Å². The Morgan fingerprint density at radius 1 is 1.23 bits per heavy atom. The first-order valence-electron chi connectivity index (χ1n) is 9.98. The van der Waals surface area contributed by atoms with Crippen LogP contribution < -0.4 is 15.4 Å². The molecule has 1 atom stereocenters. The van der Waals surface area contributed by atoms with Gasteiger partial charge in [-0.1, -0.05) is 20.8 Å². The molecule has 0 radical (unpaired) electrons. The topological polar surface area (TPSA) is 88.3 Å². The molecule has 2 amide bonds. The van der Waals surface area contributed by atoms with Crippen LogP contribution in [0.5, 0.6) is 11.5 Å². The number of carbonyl (C=O) groups excluding carboxylic acids is 1. The third kappa shape index (κ3) is 5.11. The number of H-pyrrole nitrogens is 1. The lowest BCUT2D eigenvalue weighted by Crippen LogP contribution is -2.31. The van der Waals surface area contributed by atoms with Crippen molar-refractivity contribution in [3.05, 3.63) is 47.8 Å². The highest BCUT2D eigenvalue weighted by atomic mass is 19.1. The van der Waals surface area contributed by atoms with Crippen LogP contribution in [0.15, 0.2) is 30.6 Å². The van der Waals surface area contributed by atoms with Crippen LogP contribution in [0.3, 0.4) is 0 Å². The zero-order valence-corrected chi connectivity index (χ0v) is 17.9. The summed E-state index contributed by atoms with van der Waals surface area (Å²) in [5.41, 5.74) is 1.50. The highest BCUT2D eigenvalue weighted by molar-refractivity contribution is 5.89. The van der Waals surface area contributed by atoms with Gasteiger partial charge >= 0.3 is 6.03 Å². The van der Waals surface area contributed by atoms with E-state index in [1.807, 2.05) is 6.20 Å². The fourth-order valence-corrected chi connectivity index (χ4v) is 3.14. The Hall–Kier alpha value is -3.20. The average molecular weight is 432 g/mol. The summed E-state index contributed by atoms with van der Waals surface area (Å²) in [6.07, 6.45) is 3.35. The van der Waals surface area contributed by atoms with Crippen molar-refractivity contribution in [2.45, 2.75) is 26.7 Å². The molecule has 166 valence electrons. The van der Waals surface area contributed by atoms with Crippen molar-refractivity contribution < 1.29 is 23.0 Å². The number of hydrogen-bond acceptors (Lipinski definition) is 4. The Morgan fingerprint density at radius 2 is 1.94 bits per heavy atom. The van der Waals surface area contributed by atoms with Gasteiger partial charge in [0.25, 0.3) is 0 Å². The van der Waals surface area contributed by atoms with E-state index in [9.17, 15) is 13.6 Å². The first kappa shape index (κ1) is 22.5. The van der Waals surface area contributed by atoms with Crippen LogP contribution in [-0.2, 0) is 4.74 Å². The summed E-state index contributed by atoms with van der Waals surface area (Å²) in [7, 11) is 1.50. The Labute approximate surface area is 179 Å². The van der Waals surface area contributed by atoms with Crippen LogP contribution in [0.25, 0.3) is 11.0 Å². The lowest BCUT2D eigenvalue weighted by molar-refractivity contribution is 0.198. The van der Waals surface area contributed by atoms with E-state index in [-0.39, 0.29) is 18.2 Å². The fourth-order valence-electron chi connectivity index (χ4n) is 3.14. The van der Waals surface area contributed by atoms with Crippen LogP contribution >= 0.6 is 0 Å². The minimum absolute atomic E-state index is 0.0343. The second kappa shape index (κ2) is 9.74. The Bertz CT molecular complexity index is 1050. The van der Waals surface area contributed by atoms with Gasteiger partial charge in [0.2, 0.25) is 0 Å². The molecule has 0 spiro atoms. The summed E-state index contributed by atoms with van der Waals surface area (Å²) < 4.78 is 39.9. The molecule has 0 aliphatic heterocycles. The molecule has 0 fully saturated rings. The van der Waals surface area contributed by atoms with Crippen molar-refractivity contribution in [1.29, 1.82) is 0 Å². The first-order valence-corrected chi connectivity index (χ1v) is 9.98. The van der Waals surface area contributed by atoms with E-state index >= 15 is 0 Å². The predicted molar refractivity (Wildman–Crippen MR) is 115 cm³/mol. The van der Waals surface area contributed by atoms with Gasteiger partial charge in [0.15, 0.2) is 17.4 Å². The number of aromatic nitrogens is 2. The molecule has 2 aromatic heterocycles. The summed E-state index contributed by atoms with van der Waals surface area (Å²) in [6.45, 7) is 6.84. The van der Waals surface area contributed by atoms with Crippen LogP contribution in [0, 0.1) is 17.6 Å². The third-order valence-corrected chi connectivity index (χ3v) is 5.12. The second-order valence-corrected chi connectivity index (χ2v) is 7.55. The number of amides is 2. The molecule has 3 N–H and O–H groups in total. The normalized spacial score (nSPS) is 12.2. The molecule has 9 heteroatoms. The largest absolute Gasteiger partial charge is 0.450 e. The van der Waals surface area contributed by atoms with Crippen LogP contribution in [0.1, 0.15) is 32.3 Å². The van der Waals surface area contributed by atoms with E-state index < -0.39 is 23.4 Å². The quantitative estimate of drug-likeness (QED) is 0.429. The van der Waals surface area contributed by atoms with E-state index in [1.54, 1.807) is 6.07 Å². The summed E-state index contributed by atoms with van der Waals surface area (Å²) in [5, 5.41) is 5.57. The zero-order valence-electron chi connectivity index (χ0n) is 17.9. The van der Waals surface area contributed by atoms with Gasteiger partial charge < -0.3 is 25.1 Å². The monoisotopic (exact) mass is 432 g/mol. The molecule has 0 saturated carbocycles. The molecular weight excluding hydrogens is 406 g/mol. The van der Waals surface area contributed by atoms with Gasteiger partial charge in [-0.3, -0.25) is 0 Å². The maximum Gasteiger partial charge on any atom is 0.319 e. The number of benzene rings is 1. The number of hydrogen-bond donors (Lipinski definition) is 3. The fraction of sp³-hybridized carbons (Fsp3) is 0.364. The van der Waals surface area contributed by atoms with Gasteiger partial charge in [-0.05, 0) is 23.5 Å². The third-order valence-electron chi connectivity index (χ3n) is 5.12. The number of carbonyl (C=O) groups is 1. The van der Waals surface area contributed by atoms with E-state index in [0.29, 0.717) is 29.3 Å². The molecule has 0 aliphatic rings. The number of ether oxygens (including phenoxy) is 2. The highest BCUT2D eigenvalue weighted by Gasteiger charge is 2.21. The van der Waals surface area contributed by atoms with Crippen molar-refractivity contribution in [2.24, 2.45) is 5.92 Å². The highest BCUT2D eigenvalue weighted by Crippen LogP contribution is 2.38. The minimum atomic E-state index is -0.939. The van der Waals surface area contributed by atoms with Gasteiger partial charge in [-0.2, -0.15) is 0 Å². The molecule has 7 nitrogen and oxygen atoms in total. The number of pyridine rings is 1. The molecule has 0 aliphatic carbocycles. The second-order valence-electron chi connectivity index (χ2n) is 7.55. The molecule has 1 unspecified atom stereocenters. The smallest absolute Gasteiger partial charge is 0.319 e. The maximum atomic E-state index is 14.7. The minimum Gasteiger partial charge on any atom is -0.450 e. The Kier molecular flexibility index (Phi) is 7.06. The molecule has 2 heterocycles. The number of fused-ring (bicyclic) bond motifs is 1. The number of anilines is 1. The van der Waals surface area contributed by atoms with Crippen molar-refractivity contribution >= 4 is 22.8 Å². The first-order chi connectivity index (χ1) is 14.8. The summed E-state index contributed by atoms with van der Waals surface area (Å²) in [5.74, 6) is -1.61. The summed E-state index contributed by atoms with van der Waals surface area (Å²) >= 11 is 0.